The molecule has 3 aromatic rings. The lowest BCUT2D eigenvalue weighted by atomic mass is 10.1. The molecule has 9 nitrogen and oxygen atoms in total. The predicted octanol–water partition coefficient (Wildman–Crippen LogP) is 3.32. The summed E-state index contributed by atoms with van der Waals surface area (Å²) in [5.41, 5.74) is 2.59. The summed E-state index contributed by atoms with van der Waals surface area (Å²) in [5, 5.41) is 18.4. The van der Waals surface area contributed by atoms with Crippen LogP contribution in [0.15, 0.2) is 46.3 Å². The number of sulfonamides is 1. The van der Waals surface area contributed by atoms with E-state index in [1.165, 1.54) is 47.9 Å². The van der Waals surface area contributed by atoms with Crippen molar-refractivity contribution >= 4 is 44.2 Å². The predicted molar refractivity (Wildman–Crippen MR) is 119 cm³/mol. The molecule has 2 aromatic heterocycles. The monoisotopic (exact) mass is 456 g/mol. The van der Waals surface area contributed by atoms with Crippen LogP contribution in [-0.4, -0.2) is 29.1 Å². The number of rotatable bonds is 7. The topological polar surface area (TPSA) is 130 Å². The van der Waals surface area contributed by atoms with Gasteiger partial charge < -0.3 is 5.32 Å². The van der Waals surface area contributed by atoms with E-state index in [9.17, 15) is 18.5 Å². The number of hydrogen-bond donors (Lipinski definition) is 2. The van der Waals surface area contributed by atoms with E-state index < -0.39 is 15.9 Å². The molecule has 0 saturated carbocycles. The Morgan fingerprint density at radius 1 is 1.29 bits per heavy atom. The normalized spacial score (nSPS) is 11.7. The van der Waals surface area contributed by atoms with Gasteiger partial charge in [0.05, 0.1) is 10.6 Å². The molecule has 0 unspecified atom stereocenters. The third kappa shape index (κ3) is 4.99. The Morgan fingerprint density at radius 2 is 2.00 bits per heavy atom. The average Bonchev–Trinajstić information content (AvgIpc) is 3.33. The number of aryl methyl sites for hydroxylation is 2. The van der Waals surface area contributed by atoms with Gasteiger partial charge in [0.15, 0.2) is 5.13 Å². The van der Waals surface area contributed by atoms with Crippen LogP contribution in [0, 0.1) is 25.2 Å². The number of carbonyl (C=O) groups excluding carboxylic acids is 1. The molecule has 31 heavy (non-hydrogen) atoms. The minimum Gasteiger partial charge on any atom is -0.321 e. The van der Waals surface area contributed by atoms with Crippen molar-refractivity contribution in [2.45, 2.75) is 32.2 Å². The van der Waals surface area contributed by atoms with Crippen LogP contribution >= 0.6 is 11.3 Å². The first-order valence-corrected chi connectivity index (χ1v) is 11.6. The van der Waals surface area contributed by atoms with Crippen LogP contribution in [0.25, 0.3) is 6.08 Å². The van der Waals surface area contributed by atoms with Crippen molar-refractivity contribution in [3.63, 3.8) is 0 Å². The molecule has 0 fully saturated rings. The number of aromatic nitrogens is 3. The number of benzene rings is 1. The SMILES string of the molecule is CCn1nc(C)c(/C=C(\C#N)C(=O)Nc2ccc(S(=O)(=O)Nc3nccs3)cc2)c1C. The molecule has 1 amide bonds. The van der Waals surface area contributed by atoms with E-state index in [4.69, 9.17) is 0 Å². The molecule has 0 bridgehead atoms. The van der Waals surface area contributed by atoms with Gasteiger partial charge in [-0.3, -0.25) is 14.2 Å². The number of nitrogens with one attached hydrogen (secondary N) is 2. The van der Waals surface area contributed by atoms with E-state index in [1.54, 1.807) is 10.1 Å². The van der Waals surface area contributed by atoms with Gasteiger partial charge in [-0.05, 0) is 51.1 Å². The maximum absolute atomic E-state index is 12.6. The van der Waals surface area contributed by atoms with Gasteiger partial charge >= 0.3 is 0 Å². The lowest BCUT2D eigenvalue weighted by Crippen LogP contribution is -2.15. The fraction of sp³-hybridized carbons (Fsp3) is 0.200. The molecule has 160 valence electrons. The number of nitrogens with zero attached hydrogens (tertiary/aromatic N) is 4. The average molecular weight is 457 g/mol. The van der Waals surface area contributed by atoms with Crippen LogP contribution in [0.3, 0.4) is 0 Å². The molecule has 0 saturated heterocycles. The maximum Gasteiger partial charge on any atom is 0.266 e. The molecular formula is C20H20N6O3S2. The van der Waals surface area contributed by atoms with Gasteiger partial charge in [-0.25, -0.2) is 13.4 Å². The van der Waals surface area contributed by atoms with Crippen LogP contribution in [0.4, 0.5) is 10.8 Å². The summed E-state index contributed by atoms with van der Waals surface area (Å²) in [6.45, 7) is 6.33. The molecule has 0 aliphatic rings. The number of thiazole rings is 1. The molecule has 2 heterocycles. The van der Waals surface area contributed by atoms with Crippen molar-refractivity contribution in [1.82, 2.24) is 14.8 Å². The van der Waals surface area contributed by atoms with Gasteiger partial charge in [-0.15, -0.1) is 11.3 Å². The first-order valence-electron chi connectivity index (χ1n) is 9.24. The lowest BCUT2D eigenvalue weighted by Gasteiger charge is -2.08. The standard InChI is InChI=1S/C20H20N6O3S2/c1-4-26-14(3)18(13(2)24-26)11-15(12-21)19(27)23-16-5-7-17(8-6-16)31(28,29)25-20-22-9-10-30-20/h5-11H,4H2,1-3H3,(H,22,25)(H,23,27)/b15-11+. The van der Waals surface area contributed by atoms with Crippen molar-refractivity contribution in [3.05, 3.63) is 58.4 Å². The van der Waals surface area contributed by atoms with Crippen molar-refractivity contribution in [1.29, 1.82) is 5.26 Å². The second kappa shape index (κ2) is 9.11. The number of hydrogen-bond acceptors (Lipinski definition) is 7. The van der Waals surface area contributed by atoms with Crippen LogP contribution < -0.4 is 10.0 Å². The zero-order valence-electron chi connectivity index (χ0n) is 17.1. The van der Waals surface area contributed by atoms with E-state index in [2.05, 4.69) is 20.1 Å². The van der Waals surface area contributed by atoms with Gasteiger partial charge in [0.25, 0.3) is 15.9 Å². The van der Waals surface area contributed by atoms with Crippen LogP contribution in [0.5, 0.6) is 0 Å². The van der Waals surface area contributed by atoms with E-state index in [-0.39, 0.29) is 15.6 Å². The number of carbonyl (C=O) groups is 1. The lowest BCUT2D eigenvalue weighted by molar-refractivity contribution is -0.112. The van der Waals surface area contributed by atoms with Gasteiger partial charge in [0, 0.05) is 35.1 Å². The zero-order chi connectivity index (χ0) is 22.6. The Hall–Kier alpha value is -3.49. The van der Waals surface area contributed by atoms with Gasteiger partial charge in [-0.1, -0.05) is 0 Å². The molecule has 0 radical (unpaired) electrons. The van der Waals surface area contributed by atoms with E-state index in [0.29, 0.717) is 12.2 Å². The molecule has 0 spiro atoms. The zero-order valence-corrected chi connectivity index (χ0v) is 18.7. The van der Waals surface area contributed by atoms with Gasteiger partial charge in [0.1, 0.15) is 11.6 Å². The third-order valence-corrected chi connectivity index (χ3v) is 6.64. The quantitative estimate of drug-likeness (QED) is 0.414. The highest BCUT2D eigenvalue weighted by atomic mass is 32.2. The minimum absolute atomic E-state index is 0.0231. The largest absolute Gasteiger partial charge is 0.321 e. The maximum atomic E-state index is 12.6. The highest BCUT2D eigenvalue weighted by molar-refractivity contribution is 7.93. The fourth-order valence-corrected chi connectivity index (χ4v) is 4.67. The van der Waals surface area contributed by atoms with E-state index in [0.717, 1.165) is 17.0 Å². The molecule has 11 heteroatoms. The third-order valence-electron chi connectivity index (χ3n) is 4.47. The van der Waals surface area contributed by atoms with Crippen molar-refractivity contribution in [3.8, 4) is 6.07 Å². The molecular weight excluding hydrogens is 436 g/mol. The smallest absolute Gasteiger partial charge is 0.266 e. The first-order chi connectivity index (χ1) is 14.7. The fourth-order valence-electron chi connectivity index (χ4n) is 2.88. The van der Waals surface area contributed by atoms with Crippen LogP contribution in [-0.2, 0) is 21.4 Å². The first kappa shape index (κ1) is 22.2. The number of anilines is 2. The molecule has 0 aliphatic carbocycles. The highest BCUT2D eigenvalue weighted by Gasteiger charge is 2.17. The highest BCUT2D eigenvalue weighted by Crippen LogP contribution is 2.21. The minimum atomic E-state index is -3.79. The molecule has 0 aliphatic heterocycles. The second-order valence-electron chi connectivity index (χ2n) is 6.49. The summed E-state index contributed by atoms with van der Waals surface area (Å²) < 4.78 is 29.0. The Morgan fingerprint density at radius 3 is 2.55 bits per heavy atom. The van der Waals surface area contributed by atoms with Crippen molar-refractivity contribution in [2.75, 3.05) is 10.0 Å². The summed E-state index contributed by atoms with van der Waals surface area (Å²) in [4.78, 5) is 16.5. The molecule has 3 rings (SSSR count). The second-order valence-corrected chi connectivity index (χ2v) is 9.07. The summed E-state index contributed by atoms with van der Waals surface area (Å²) >= 11 is 1.17. The Labute approximate surface area is 184 Å². The summed E-state index contributed by atoms with van der Waals surface area (Å²) in [5.74, 6) is -0.595. The van der Waals surface area contributed by atoms with E-state index >= 15 is 0 Å². The van der Waals surface area contributed by atoms with Gasteiger partial charge in [0.2, 0.25) is 0 Å². The van der Waals surface area contributed by atoms with Crippen molar-refractivity contribution < 1.29 is 13.2 Å². The number of amides is 1. The van der Waals surface area contributed by atoms with Gasteiger partial charge in [-0.2, -0.15) is 10.4 Å². The Kier molecular flexibility index (Phi) is 6.53. The summed E-state index contributed by atoms with van der Waals surface area (Å²) in [6, 6.07) is 7.54. The molecule has 2 N–H and O–H groups in total. The molecule has 1 aromatic carbocycles. The Bertz CT molecular complexity index is 1270. The van der Waals surface area contributed by atoms with Crippen LogP contribution in [0.2, 0.25) is 0 Å². The number of nitriles is 1. The summed E-state index contributed by atoms with van der Waals surface area (Å²) in [7, 11) is -3.79. The summed E-state index contributed by atoms with van der Waals surface area (Å²) in [6.07, 6.45) is 3.01. The van der Waals surface area contributed by atoms with Crippen LogP contribution in [0.1, 0.15) is 23.9 Å². The molecule has 0 atom stereocenters. The van der Waals surface area contributed by atoms with Crippen molar-refractivity contribution in [2.24, 2.45) is 0 Å². The Balaban J connectivity index is 1.77. The van der Waals surface area contributed by atoms with E-state index in [1.807, 2.05) is 26.8 Å².